The predicted octanol–water partition coefficient (Wildman–Crippen LogP) is 1.63. The average molecular weight is 412 g/mol. The van der Waals surface area contributed by atoms with Crippen molar-refractivity contribution in [3.05, 3.63) is 29.7 Å². The van der Waals surface area contributed by atoms with Crippen molar-refractivity contribution in [2.24, 2.45) is 0 Å². The molecule has 0 N–H and O–H groups in total. The lowest BCUT2D eigenvalue weighted by atomic mass is 9.96. The van der Waals surface area contributed by atoms with E-state index in [9.17, 15) is 0 Å². The monoisotopic (exact) mass is 412 g/mol. The summed E-state index contributed by atoms with van der Waals surface area (Å²) in [5.74, 6) is 3.42. The highest BCUT2D eigenvalue weighted by Crippen LogP contribution is 2.26. The second-order valence-corrected chi connectivity index (χ2v) is 9.30. The lowest BCUT2D eigenvalue weighted by Crippen LogP contribution is -2.58. The summed E-state index contributed by atoms with van der Waals surface area (Å²) in [4.78, 5) is 4.53. The molecule has 0 saturated carbocycles. The lowest BCUT2D eigenvalue weighted by molar-refractivity contribution is 0.176. The van der Waals surface area contributed by atoms with Gasteiger partial charge in [0, 0.05) is 31.2 Å². The van der Waals surface area contributed by atoms with Crippen LogP contribution in [0.1, 0.15) is 50.7 Å². The Balaban J connectivity index is 1.21. The Kier molecular flexibility index (Phi) is 4.70. The third-order valence-corrected chi connectivity index (χ3v) is 5.88. The van der Waals surface area contributed by atoms with Gasteiger partial charge in [0.05, 0.1) is 19.1 Å². The van der Waals surface area contributed by atoms with Crippen LogP contribution in [-0.4, -0.2) is 74.3 Å². The van der Waals surface area contributed by atoms with E-state index in [1.54, 1.807) is 0 Å². The number of fused-ring (bicyclic) bond motifs is 1. The van der Waals surface area contributed by atoms with Gasteiger partial charge in [0.25, 0.3) is 0 Å². The molecule has 0 aliphatic carbocycles. The van der Waals surface area contributed by atoms with Crippen molar-refractivity contribution in [2.45, 2.75) is 51.1 Å². The molecule has 3 aromatic rings. The van der Waals surface area contributed by atoms with Crippen LogP contribution in [0, 0.1) is 0 Å². The van der Waals surface area contributed by atoms with Crippen molar-refractivity contribution in [3.8, 4) is 0 Å². The maximum absolute atomic E-state index is 5.87. The minimum Gasteiger partial charge on any atom is -0.423 e. The van der Waals surface area contributed by atoms with E-state index < -0.39 is 0 Å². The summed E-state index contributed by atoms with van der Waals surface area (Å²) in [6.45, 7) is 10.3. The molecule has 2 aliphatic heterocycles. The highest BCUT2D eigenvalue weighted by Gasteiger charge is 2.33. The number of hydrogen-bond donors (Lipinski definition) is 0. The number of nitrogens with zero attached hydrogens (tertiary/aromatic N) is 8. The molecule has 0 amide bonds. The molecule has 30 heavy (non-hydrogen) atoms. The molecular formula is C20H28N8O2. The van der Waals surface area contributed by atoms with Crippen molar-refractivity contribution in [1.82, 2.24) is 34.9 Å². The summed E-state index contributed by atoms with van der Waals surface area (Å²) >= 11 is 0. The second kappa shape index (κ2) is 7.28. The fourth-order valence-corrected chi connectivity index (χ4v) is 3.90. The number of aromatic nitrogens is 6. The van der Waals surface area contributed by atoms with Gasteiger partial charge in [0.15, 0.2) is 11.5 Å². The third-order valence-electron chi connectivity index (χ3n) is 5.88. The van der Waals surface area contributed by atoms with E-state index in [1.807, 2.05) is 16.6 Å². The van der Waals surface area contributed by atoms with Gasteiger partial charge in [-0.25, -0.2) is 0 Å². The molecule has 10 nitrogen and oxygen atoms in total. The molecule has 2 saturated heterocycles. The molecule has 1 atom stereocenters. The van der Waals surface area contributed by atoms with E-state index in [-0.39, 0.29) is 11.3 Å². The van der Waals surface area contributed by atoms with Crippen LogP contribution in [0.4, 0.5) is 5.82 Å². The molecule has 3 aromatic heterocycles. The van der Waals surface area contributed by atoms with Crippen LogP contribution in [0.5, 0.6) is 0 Å². The number of anilines is 1. The van der Waals surface area contributed by atoms with Gasteiger partial charge < -0.3 is 14.1 Å². The quantitative estimate of drug-likeness (QED) is 0.619. The van der Waals surface area contributed by atoms with E-state index in [0.717, 1.165) is 43.4 Å². The lowest BCUT2D eigenvalue weighted by Gasteiger charge is -2.44. The summed E-state index contributed by atoms with van der Waals surface area (Å²) < 4.78 is 13.1. The first-order valence-electron chi connectivity index (χ1n) is 10.5. The largest absolute Gasteiger partial charge is 0.423 e. The summed E-state index contributed by atoms with van der Waals surface area (Å²) in [6, 6.07) is 4.41. The molecule has 2 fully saturated rings. The van der Waals surface area contributed by atoms with Gasteiger partial charge in [0.1, 0.15) is 5.82 Å². The van der Waals surface area contributed by atoms with Gasteiger partial charge in [0.2, 0.25) is 11.8 Å². The van der Waals surface area contributed by atoms with Crippen LogP contribution < -0.4 is 4.90 Å². The summed E-state index contributed by atoms with van der Waals surface area (Å²) in [6.07, 6.45) is 0.954. The normalized spacial score (nSPS) is 20.4. The number of likely N-dealkylation sites (N-methyl/N-ethyl adjacent to an activating group) is 1. The summed E-state index contributed by atoms with van der Waals surface area (Å²) in [5.41, 5.74) is 0.661. The van der Waals surface area contributed by atoms with Crippen molar-refractivity contribution in [2.75, 3.05) is 38.3 Å². The standard InChI is InChI=1S/C20H28N8O2/c1-20(2,3)19-24-21-15-5-6-16(25-28(15)19)27-9-14(10-27)26(4)11-17-22-23-18(30-17)13-7-8-29-12-13/h5-6,13-14H,7-12H2,1-4H3. The third kappa shape index (κ3) is 3.54. The minimum absolute atomic E-state index is 0.115. The maximum atomic E-state index is 5.87. The smallest absolute Gasteiger partial charge is 0.230 e. The zero-order chi connectivity index (χ0) is 20.9. The molecule has 0 bridgehead atoms. The Morgan fingerprint density at radius 3 is 2.70 bits per heavy atom. The van der Waals surface area contributed by atoms with E-state index >= 15 is 0 Å². The van der Waals surface area contributed by atoms with Gasteiger partial charge in [-0.05, 0) is 25.6 Å². The number of hydrogen-bond acceptors (Lipinski definition) is 9. The van der Waals surface area contributed by atoms with E-state index in [2.05, 4.69) is 58.0 Å². The van der Waals surface area contributed by atoms with Gasteiger partial charge in [-0.1, -0.05) is 20.8 Å². The van der Waals surface area contributed by atoms with Crippen molar-refractivity contribution in [3.63, 3.8) is 0 Å². The number of rotatable bonds is 5. The SMILES string of the molecule is CN(Cc1nnc(C2CCOC2)o1)C1CN(c2ccc3nnc(C(C)(C)C)n3n2)C1. The van der Waals surface area contributed by atoms with Crippen LogP contribution >= 0.6 is 0 Å². The number of ether oxygens (including phenoxy) is 1. The van der Waals surface area contributed by atoms with Gasteiger partial charge >= 0.3 is 0 Å². The Labute approximate surface area is 175 Å². The molecule has 2 aliphatic rings. The predicted molar refractivity (Wildman–Crippen MR) is 109 cm³/mol. The van der Waals surface area contributed by atoms with E-state index in [1.165, 1.54) is 0 Å². The molecule has 1 unspecified atom stereocenters. The van der Waals surface area contributed by atoms with Crippen LogP contribution in [0.15, 0.2) is 16.5 Å². The second-order valence-electron chi connectivity index (χ2n) is 9.30. The maximum Gasteiger partial charge on any atom is 0.230 e. The Bertz CT molecular complexity index is 1030. The zero-order valence-corrected chi connectivity index (χ0v) is 17.9. The Morgan fingerprint density at radius 2 is 1.97 bits per heavy atom. The molecule has 5 heterocycles. The van der Waals surface area contributed by atoms with E-state index in [0.29, 0.717) is 31.0 Å². The minimum atomic E-state index is -0.115. The highest BCUT2D eigenvalue weighted by molar-refractivity contribution is 5.48. The topological polar surface area (TPSA) is 97.7 Å². The fraction of sp³-hybridized carbons (Fsp3) is 0.650. The van der Waals surface area contributed by atoms with Crippen LogP contribution in [0.3, 0.4) is 0 Å². The average Bonchev–Trinajstić information content (AvgIpc) is 3.39. The Morgan fingerprint density at radius 1 is 1.13 bits per heavy atom. The summed E-state index contributed by atoms with van der Waals surface area (Å²) in [5, 5.41) is 21.8. The molecule has 0 spiro atoms. The molecular weight excluding hydrogens is 384 g/mol. The highest BCUT2D eigenvalue weighted by atomic mass is 16.5. The molecule has 160 valence electrons. The summed E-state index contributed by atoms with van der Waals surface area (Å²) in [7, 11) is 2.10. The molecule has 0 radical (unpaired) electrons. The Hall–Kier alpha value is -2.59. The first-order chi connectivity index (χ1) is 14.4. The van der Waals surface area contributed by atoms with Crippen molar-refractivity contribution in [1.29, 1.82) is 0 Å². The van der Waals surface area contributed by atoms with E-state index in [4.69, 9.17) is 14.3 Å². The van der Waals surface area contributed by atoms with Crippen molar-refractivity contribution >= 4 is 11.5 Å². The zero-order valence-electron chi connectivity index (χ0n) is 17.9. The van der Waals surface area contributed by atoms with Gasteiger partial charge in [-0.15, -0.1) is 25.5 Å². The van der Waals surface area contributed by atoms with Crippen LogP contribution in [-0.2, 0) is 16.7 Å². The van der Waals surface area contributed by atoms with Crippen LogP contribution in [0.2, 0.25) is 0 Å². The molecule has 0 aromatic carbocycles. The van der Waals surface area contributed by atoms with Gasteiger partial charge in [-0.2, -0.15) is 4.52 Å². The first-order valence-corrected chi connectivity index (χ1v) is 10.5. The molecule has 10 heteroatoms. The van der Waals surface area contributed by atoms with Gasteiger partial charge in [-0.3, -0.25) is 4.90 Å². The fourth-order valence-electron chi connectivity index (χ4n) is 3.90. The molecule has 5 rings (SSSR count). The van der Waals surface area contributed by atoms with Crippen LogP contribution in [0.25, 0.3) is 5.65 Å². The van der Waals surface area contributed by atoms with Crippen molar-refractivity contribution < 1.29 is 9.15 Å². The first kappa shape index (κ1) is 19.4.